The summed E-state index contributed by atoms with van der Waals surface area (Å²) in [5, 5.41) is 8.66. The van der Waals surface area contributed by atoms with Crippen LogP contribution < -0.4 is 4.74 Å². The van der Waals surface area contributed by atoms with E-state index < -0.39 is 17.2 Å². The predicted octanol–water partition coefficient (Wildman–Crippen LogP) is 5.61. The number of benzene rings is 2. The lowest BCUT2D eigenvalue weighted by molar-refractivity contribution is -0.0191. The molecule has 1 saturated carbocycles. The van der Waals surface area contributed by atoms with Gasteiger partial charge in [0.2, 0.25) is 0 Å². The molecule has 0 unspecified atom stereocenters. The maximum absolute atomic E-state index is 14.3. The number of hydrogen-bond acceptors (Lipinski definition) is 3. The Balaban J connectivity index is 1.65. The molecule has 1 fully saturated rings. The van der Waals surface area contributed by atoms with Crippen LogP contribution in [0, 0.1) is 17.0 Å². The molecule has 2 bridgehead atoms. The second kappa shape index (κ2) is 5.84. The molecule has 0 spiro atoms. The molecule has 2 aromatic carbocycles. The largest absolute Gasteiger partial charge is 0.480 e. The molecule has 1 heterocycles. The minimum absolute atomic E-state index is 0.128. The van der Waals surface area contributed by atoms with Crippen molar-refractivity contribution in [3.8, 4) is 17.0 Å². The maximum atomic E-state index is 14.3. The fourth-order valence-electron chi connectivity index (χ4n) is 5.05. The van der Waals surface area contributed by atoms with Gasteiger partial charge in [-0.2, -0.15) is 5.10 Å². The highest BCUT2D eigenvalue weighted by molar-refractivity contribution is 5.63. The van der Waals surface area contributed by atoms with Gasteiger partial charge in [-0.05, 0) is 54.7 Å². The lowest BCUT2D eigenvalue weighted by Crippen LogP contribution is -2.41. The van der Waals surface area contributed by atoms with Crippen molar-refractivity contribution < 1.29 is 13.5 Å². The minimum atomic E-state index is -0.632. The Hall–Kier alpha value is -2.82. The number of hydrogen-bond donors (Lipinski definition) is 0. The van der Waals surface area contributed by atoms with E-state index in [0.29, 0.717) is 0 Å². The van der Waals surface area contributed by atoms with E-state index in [1.165, 1.54) is 18.2 Å². The van der Waals surface area contributed by atoms with Gasteiger partial charge < -0.3 is 4.74 Å². The fourth-order valence-corrected chi connectivity index (χ4v) is 5.05. The summed E-state index contributed by atoms with van der Waals surface area (Å²) in [6, 6.07) is 15.3. The summed E-state index contributed by atoms with van der Waals surface area (Å²) in [6.07, 6.45) is 1.78. The van der Waals surface area contributed by atoms with E-state index in [4.69, 9.17) is 4.74 Å². The molecule has 3 nitrogen and oxygen atoms in total. The molecule has 2 aliphatic rings. The van der Waals surface area contributed by atoms with Gasteiger partial charge in [0.1, 0.15) is 23.1 Å². The minimum Gasteiger partial charge on any atom is -0.480 e. The van der Waals surface area contributed by atoms with Gasteiger partial charge in [0, 0.05) is 5.41 Å². The lowest BCUT2D eigenvalue weighted by atomic mass is 9.77. The number of halogens is 2. The molecule has 28 heavy (non-hydrogen) atoms. The topological polar surface area (TPSA) is 35.0 Å². The average molecular weight is 378 g/mol. The van der Waals surface area contributed by atoms with Gasteiger partial charge in [0.15, 0.2) is 5.60 Å². The quantitative estimate of drug-likeness (QED) is 0.594. The average Bonchev–Trinajstić information content (AvgIpc) is 3.02. The van der Waals surface area contributed by atoms with E-state index in [-0.39, 0.29) is 22.6 Å². The van der Waals surface area contributed by atoms with Crippen molar-refractivity contribution in [2.45, 2.75) is 38.2 Å². The number of fused-ring (bicyclic) bond motifs is 5. The van der Waals surface area contributed by atoms with Crippen molar-refractivity contribution >= 4 is 0 Å². The van der Waals surface area contributed by atoms with Crippen molar-refractivity contribution in [1.29, 1.82) is 0 Å². The molecular weight excluding hydrogens is 358 g/mol. The van der Waals surface area contributed by atoms with Gasteiger partial charge in [-0.25, -0.2) is 8.78 Å². The molecule has 142 valence electrons. The second-order valence-corrected chi connectivity index (χ2v) is 8.19. The Morgan fingerprint density at radius 3 is 2.39 bits per heavy atom. The number of nitrogens with zero attached hydrogens (tertiary/aromatic N) is 2. The molecule has 0 N–H and O–H groups in total. The molecule has 0 radical (unpaired) electrons. The number of aromatic nitrogens is 2. The molecule has 2 atom stereocenters. The second-order valence-electron chi connectivity index (χ2n) is 8.19. The molecule has 0 saturated heterocycles. The Bertz CT molecular complexity index is 1050. The van der Waals surface area contributed by atoms with Crippen LogP contribution in [0.3, 0.4) is 0 Å². The third kappa shape index (κ3) is 2.19. The molecule has 0 amide bonds. The van der Waals surface area contributed by atoms with Gasteiger partial charge in [0.25, 0.3) is 0 Å². The summed E-state index contributed by atoms with van der Waals surface area (Å²) < 4.78 is 35.1. The van der Waals surface area contributed by atoms with E-state index in [0.717, 1.165) is 29.8 Å². The smallest absolute Gasteiger partial charge is 0.158 e. The molecule has 0 aliphatic heterocycles. The Labute approximate surface area is 162 Å². The third-order valence-electron chi connectivity index (χ3n) is 6.53. The molecule has 2 aliphatic carbocycles. The zero-order valence-electron chi connectivity index (χ0n) is 15.7. The van der Waals surface area contributed by atoms with Gasteiger partial charge in [0.05, 0.1) is 11.3 Å². The highest BCUT2D eigenvalue weighted by atomic mass is 19.1. The summed E-state index contributed by atoms with van der Waals surface area (Å²) >= 11 is 0. The molecule has 5 heteroatoms. The monoisotopic (exact) mass is 378 g/mol. The summed E-state index contributed by atoms with van der Waals surface area (Å²) in [7, 11) is 0. The van der Waals surface area contributed by atoms with Gasteiger partial charge in [-0.3, -0.25) is 0 Å². The van der Waals surface area contributed by atoms with Crippen LogP contribution in [-0.4, -0.2) is 10.2 Å². The first kappa shape index (κ1) is 17.3. The Morgan fingerprint density at radius 1 is 0.964 bits per heavy atom. The van der Waals surface area contributed by atoms with Crippen molar-refractivity contribution in [3.05, 3.63) is 77.5 Å². The zero-order chi connectivity index (χ0) is 19.5. The van der Waals surface area contributed by atoms with Gasteiger partial charge >= 0.3 is 0 Å². The van der Waals surface area contributed by atoms with Crippen LogP contribution in [0.1, 0.15) is 43.9 Å². The van der Waals surface area contributed by atoms with E-state index in [1.54, 1.807) is 6.07 Å². The van der Waals surface area contributed by atoms with Crippen molar-refractivity contribution in [3.63, 3.8) is 0 Å². The lowest BCUT2D eigenvalue weighted by Gasteiger charge is -2.38. The fraction of sp³-hybridized carbons (Fsp3) is 0.304. The van der Waals surface area contributed by atoms with Crippen LogP contribution in [0.25, 0.3) is 11.3 Å². The SMILES string of the molecule is CC1(C)[C@H]2CC[C@]1(Oc1ccccc1)c1nnc(-c3c(F)cccc3F)cc12. The number of para-hydroxylation sites is 1. The zero-order valence-corrected chi connectivity index (χ0v) is 15.7. The highest BCUT2D eigenvalue weighted by Gasteiger charge is 2.65. The molecular formula is C23H20F2N2O. The van der Waals surface area contributed by atoms with Crippen molar-refractivity contribution in [1.82, 2.24) is 10.2 Å². The molecule has 1 aromatic heterocycles. The number of ether oxygens (including phenoxy) is 1. The highest BCUT2D eigenvalue weighted by Crippen LogP contribution is 2.67. The Morgan fingerprint density at radius 2 is 1.68 bits per heavy atom. The van der Waals surface area contributed by atoms with E-state index in [9.17, 15) is 8.78 Å². The van der Waals surface area contributed by atoms with Crippen LogP contribution >= 0.6 is 0 Å². The first-order valence-corrected chi connectivity index (χ1v) is 9.50. The number of rotatable bonds is 3. The summed E-state index contributed by atoms with van der Waals surface area (Å²) in [5.74, 6) is -0.274. The predicted molar refractivity (Wildman–Crippen MR) is 102 cm³/mol. The van der Waals surface area contributed by atoms with Crippen LogP contribution in [0.5, 0.6) is 5.75 Å². The maximum Gasteiger partial charge on any atom is 0.158 e. The Kier molecular flexibility index (Phi) is 3.60. The van der Waals surface area contributed by atoms with Crippen LogP contribution in [0.2, 0.25) is 0 Å². The van der Waals surface area contributed by atoms with Crippen molar-refractivity contribution in [2.24, 2.45) is 5.41 Å². The van der Waals surface area contributed by atoms with Crippen LogP contribution in [0.15, 0.2) is 54.6 Å². The van der Waals surface area contributed by atoms with Gasteiger partial charge in [-0.1, -0.05) is 38.1 Å². The molecule has 3 aromatic rings. The van der Waals surface area contributed by atoms with Crippen LogP contribution in [0.4, 0.5) is 8.78 Å². The normalized spacial score (nSPS) is 24.2. The van der Waals surface area contributed by atoms with E-state index in [1.807, 2.05) is 30.3 Å². The van der Waals surface area contributed by atoms with E-state index >= 15 is 0 Å². The van der Waals surface area contributed by atoms with Crippen LogP contribution in [-0.2, 0) is 5.60 Å². The first-order chi connectivity index (χ1) is 13.4. The summed E-state index contributed by atoms with van der Waals surface area (Å²) in [4.78, 5) is 0. The molecule has 5 rings (SSSR count). The van der Waals surface area contributed by atoms with Gasteiger partial charge in [-0.15, -0.1) is 5.10 Å². The van der Waals surface area contributed by atoms with E-state index in [2.05, 4.69) is 24.0 Å². The standard InChI is InChI=1S/C23H20F2N2O/c1-22(2)16-11-12-23(22,28-14-7-4-3-5-8-14)21-15(16)13-19(26-27-21)20-17(24)9-6-10-18(20)25/h3-10,13,16H,11-12H2,1-2H3/t16-,23-/m0/s1. The summed E-state index contributed by atoms with van der Waals surface area (Å²) in [5.41, 5.74) is 1.09. The van der Waals surface area contributed by atoms with Crippen molar-refractivity contribution in [2.75, 3.05) is 0 Å². The first-order valence-electron chi connectivity index (χ1n) is 9.50. The third-order valence-corrected chi connectivity index (χ3v) is 6.53. The summed E-state index contributed by atoms with van der Waals surface area (Å²) in [6.45, 7) is 4.36.